The Hall–Kier alpha value is -2.91. The van der Waals surface area contributed by atoms with E-state index in [1.165, 1.54) is 20.2 Å². The molecule has 0 radical (unpaired) electrons. The normalized spacial score (nSPS) is 12.2. The van der Waals surface area contributed by atoms with Gasteiger partial charge in [0.2, 0.25) is 0 Å². The van der Waals surface area contributed by atoms with Gasteiger partial charge in [0.05, 0.1) is 5.52 Å². The number of pyridine rings is 1. The third-order valence-corrected chi connectivity index (χ3v) is 5.77. The molecule has 112 valence electrons. The van der Waals surface area contributed by atoms with Crippen LogP contribution in [0.4, 0.5) is 0 Å². The topological polar surface area (TPSA) is 26.0 Å². The molecular weight excluding hydrogens is 314 g/mol. The summed E-state index contributed by atoms with van der Waals surface area (Å²) in [5, 5.41) is 4.72. The minimum Gasteiger partial charge on any atom is -0.454 e. The van der Waals surface area contributed by atoms with Gasteiger partial charge in [-0.15, -0.1) is 11.3 Å². The summed E-state index contributed by atoms with van der Waals surface area (Å²) in [7, 11) is 0. The summed E-state index contributed by atoms with van der Waals surface area (Å²) in [6, 6.07) is 23.0. The number of aromatic nitrogens is 1. The number of hydrogen-bond acceptors (Lipinski definition) is 3. The van der Waals surface area contributed by atoms with Gasteiger partial charge in [0, 0.05) is 30.9 Å². The van der Waals surface area contributed by atoms with E-state index in [2.05, 4.69) is 54.6 Å². The summed E-state index contributed by atoms with van der Waals surface area (Å²) in [4.78, 5) is 4.93. The molecular formula is C21H11NOS. The standard InChI is InChI=1S/C21H11NOS/c1-2-7-14-12(5-1)11-16-21(22-14)13-6-3-9-17-19(13)20-15(23-16)8-4-10-18(20)24-17/h1-11H. The van der Waals surface area contributed by atoms with Gasteiger partial charge < -0.3 is 4.42 Å². The predicted octanol–water partition coefficient (Wildman–Crippen LogP) is 6.50. The van der Waals surface area contributed by atoms with Crippen LogP contribution in [0.1, 0.15) is 0 Å². The Morgan fingerprint density at radius 2 is 1.58 bits per heavy atom. The summed E-state index contributed by atoms with van der Waals surface area (Å²) in [5.74, 6) is 0. The van der Waals surface area contributed by atoms with Gasteiger partial charge in [0.25, 0.3) is 0 Å². The van der Waals surface area contributed by atoms with Gasteiger partial charge in [-0.3, -0.25) is 0 Å². The van der Waals surface area contributed by atoms with Gasteiger partial charge in [-0.1, -0.05) is 36.4 Å². The van der Waals surface area contributed by atoms with Crippen molar-refractivity contribution in [2.45, 2.75) is 0 Å². The van der Waals surface area contributed by atoms with Crippen molar-refractivity contribution in [2.75, 3.05) is 0 Å². The maximum atomic E-state index is 6.33. The van der Waals surface area contributed by atoms with Crippen molar-refractivity contribution in [3.8, 4) is 0 Å². The van der Waals surface area contributed by atoms with E-state index in [1.54, 1.807) is 0 Å². The number of nitrogens with zero attached hydrogens (tertiary/aromatic N) is 1. The fraction of sp³-hybridized carbons (Fsp3) is 0. The van der Waals surface area contributed by atoms with E-state index in [-0.39, 0.29) is 0 Å². The highest BCUT2D eigenvalue weighted by Crippen LogP contribution is 2.41. The molecule has 0 saturated heterocycles. The number of thiophene rings is 1. The molecule has 0 N–H and O–H groups in total. The highest BCUT2D eigenvalue weighted by atomic mass is 32.1. The Balaban J connectivity index is 2.04. The molecule has 6 rings (SSSR count). The molecule has 3 heterocycles. The molecule has 24 heavy (non-hydrogen) atoms. The largest absolute Gasteiger partial charge is 0.454 e. The summed E-state index contributed by atoms with van der Waals surface area (Å²) in [5.41, 5.74) is 3.67. The molecule has 2 nitrogen and oxygen atoms in total. The van der Waals surface area contributed by atoms with Crippen LogP contribution < -0.4 is 0 Å². The lowest BCUT2D eigenvalue weighted by molar-refractivity contribution is 0.663. The molecule has 0 aliphatic rings. The van der Waals surface area contributed by atoms with Gasteiger partial charge in [-0.25, -0.2) is 4.98 Å². The zero-order valence-electron chi connectivity index (χ0n) is 12.6. The van der Waals surface area contributed by atoms with Crippen LogP contribution in [0, 0.1) is 0 Å². The van der Waals surface area contributed by atoms with E-state index in [1.807, 2.05) is 23.5 Å². The smallest absolute Gasteiger partial charge is 0.154 e. The van der Waals surface area contributed by atoms with Crippen molar-refractivity contribution in [1.29, 1.82) is 0 Å². The van der Waals surface area contributed by atoms with Crippen molar-refractivity contribution < 1.29 is 4.42 Å². The molecule has 3 heteroatoms. The lowest BCUT2D eigenvalue weighted by atomic mass is 10.1. The zero-order valence-corrected chi connectivity index (χ0v) is 13.4. The first kappa shape index (κ1) is 12.5. The van der Waals surface area contributed by atoms with Gasteiger partial charge in [0.1, 0.15) is 11.1 Å². The first-order valence-electron chi connectivity index (χ1n) is 7.91. The van der Waals surface area contributed by atoms with Crippen molar-refractivity contribution in [3.05, 3.63) is 66.7 Å². The summed E-state index contributed by atoms with van der Waals surface area (Å²) in [6.07, 6.45) is 0. The first-order chi connectivity index (χ1) is 11.9. The second kappa shape index (κ2) is 4.34. The van der Waals surface area contributed by atoms with E-state index >= 15 is 0 Å². The molecule has 6 aromatic rings. The number of benzene rings is 3. The van der Waals surface area contributed by atoms with Crippen molar-refractivity contribution >= 4 is 64.5 Å². The van der Waals surface area contributed by atoms with Crippen LogP contribution in [0.3, 0.4) is 0 Å². The lowest BCUT2D eigenvalue weighted by Crippen LogP contribution is -1.81. The second-order valence-electron chi connectivity index (χ2n) is 6.04. The molecule has 3 aromatic carbocycles. The predicted molar refractivity (Wildman–Crippen MR) is 102 cm³/mol. The minimum atomic E-state index is 0.829. The van der Waals surface area contributed by atoms with E-state index in [0.717, 1.165) is 33.0 Å². The third-order valence-electron chi connectivity index (χ3n) is 4.65. The maximum Gasteiger partial charge on any atom is 0.154 e. The SMILES string of the molecule is c1ccc2nc3c(cc2c1)oc1cccc2sc4cccc3c4c12. The van der Waals surface area contributed by atoms with Gasteiger partial charge in [0.15, 0.2) is 5.58 Å². The Kier molecular flexibility index (Phi) is 2.26. The number of fused-ring (bicyclic) bond motifs is 3. The van der Waals surface area contributed by atoms with Crippen LogP contribution in [0.2, 0.25) is 0 Å². The number of rotatable bonds is 0. The highest BCUT2D eigenvalue weighted by Gasteiger charge is 2.14. The maximum absolute atomic E-state index is 6.33. The Bertz CT molecular complexity index is 1410. The van der Waals surface area contributed by atoms with Crippen molar-refractivity contribution in [2.24, 2.45) is 0 Å². The average molecular weight is 325 g/mol. The van der Waals surface area contributed by atoms with E-state index in [4.69, 9.17) is 9.40 Å². The number of para-hydroxylation sites is 1. The highest BCUT2D eigenvalue weighted by molar-refractivity contribution is 7.26. The first-order valence-corrected chi connectivity index (χ1v) is 8.72. The molecule has 0 aliphatic carbocycles. The molecule has 0 aliphatic heterocycles. The molecule has 0 bridgehead atoms. The van der Waals surface area contributed by atoms with Crippen molar-refractivity contribution in [3.63, 3.8) is 0 Å². The molecule has 3 aromatic heterocycles. The third kappa shape index (κ3) is 1.52. The zero-order chi connectivity index (χ0) is 15.7. The van der Waals surface area contributed by atoms with Gasteiger partial charge >= 0.3 is 0 Å². The molecule has 0 saturated carbocycles. The average Bonchev–Trinajstić information content (AvgIpc) is 2.94. The van der Waals surface area contributed by atoms with Crippen LogP contribution in [0.5, 0.6) is 0 Å². The Labute approximate surface area is 140 Å². The van der Waals surface area contributed by atoms with Crippen molar-refractivity contribution in [1.82, 2.24) is 4.98 Å². The Morgan fingerprint density at radius 1 is 0.750 bits per heavy atom. The summed E-state index contributed by atoms with van der Waals surface area (Å²) < 4.78 is 8.87. The van der Waals surface area contributed by atoms with E-state index in [9.17, 15) is 0 Å². The molecule has 0 unspecified atom stereocenters. The Morgan fingerprint density at radius 3 is 2.54 bits per heavy atom. The van der Waals surface area contributed by atoms with Crippen LogP contribution in [-0.4, -0.2) is 4.98 Å². The van der Waals surface area contributed by atoms with Crippen LogP contribution in [0.25, 0.3) is 53.1 Å². The fourth-order valence-corrected chi connectivity index (χ4v) is 4.75. The van der Waals surface area contributed by atoms with Gasteiger partial charge in [-0.05, 0) is 30.3 Å². The fourth-order valence-electron chi connectivity index (χ4n) is 3.60. The molecule has 0 fully saturated rings. The summed E-state index contributed by atoms with van der Waals surface area (Å²) in [6.45, 7) is 0. The molecule has 0 amide bonds. The van der Waals surface area contributed by atoms with E-state index in [0.29, 0.717) is 0 Å². The molecule has 0 spiro atoms. The van der Waals surface area contributed by atoms with Crippen LogP contribution >= 0.6 is 11.3 Å². The molecule has 0 atom stereocenters. The second-order valence-corrected chi connectivity index (χ2v) is 7.12. The van der Waals surface area contributed by atoms with Gasteiger partial charge in [-0.2, -0.15) is 0 Å². The lowest BCUT2D eigenvalue weighted by Gasteiger charge is -2.00. The monoisotopic (exact) mass is 325 g/mol. The quantitative estimate of drug-likeness (QED) is 0.318. The van der Waals surface area contributed by atoms with E-state index < -0.39 is 0 Å². The van der Waals surface area contributed by atoms with Crippen LogP contribution in [0.15, 0.2) is 71.1 Å². The number of hydrogen-bond donors (Lipinski definition) is 0. The van der Waals surface area contributed by atoms with Crippen LogP contribution in [-0.2, 0) is 0 Å². The minimum absolute atomic E-state index is 0.829. The summed E-state index contributed by atoms with van der Waals surface area (Å²) >= 11 is 1.81.